The van der Waals surface area contributed by atoms with Gasteiger partial charge in [-0.15, -0.1) is 0 Å². The van der Waals surface area contributed by atoms with Gasteiger partial charge >= 0.3 is 0 Å². The smallest absolute Gasteiger partial charge is 0.273 e. The SMILES string of the molecule is Cc1ccc(S(=O)(=O)N[C@@H](C)[C@@H]2CCCO2)cc1[N+](=O)[O-]. The van der Waals surface area contributed by atoms with Crippen molar-refractivity contribution in [3.05, 3.63) is 33.9 Å². The molecular formula is C13H18N2O5S. The summed E-state index contributed by atoms with van der Waals surface area (Å²) in [6.07, 6.45) is 1.56. The molecule has 1 aromatic rings. The second-order valence-electron chi connectivity index (χ2n) is 5.17. The van der Waals surface area contributed by atoms with E-state index in [1.54, 1.807) is 13.8 Å². The lowest BCUT2D eigenvalue weighted by Crippen LogP contribution is -2.40. The van der Waals surface area contributed by atoms with Crippen LogP contribution in [0.4, 0.5) is 5.69 Å². The first kappa shape index (κ1) is 15.9. The molecule has 2 atom stereocenters. The van der Waals surface area contributed by atoms with E-state index in [-0.39, 0.29) is 22.7 Å². The van der Waals surface area contributed by atoms with Crippen LogP contribution in [0.5, 0.6) is 0 Å². The maximum atomic E-state index is 12.3. The van der Waals surface area contributed by atoms with E-state index in [9.17, 15) is 18.5 Å². The number of sulfonamides is 1. The van der Waals surface area contributed by atoms with Crippen LogP contribution in [0.3, 0.4) is 0 Å². The summed E-state index contributed by atoms with van der Waals surface area (Å²) in [7, 11) is -3.80. The quantitative estimate of drug-likeness (QED) is 0.659. The normalized spacial score (nSPS) is 20.4. The number of hydrogen-bond donors (Lipinski definition) is 1. The zero-order valence-electron chi connectivity index (χ0n) is 11.9. The molecule has 116 valence electrons. The van der Waals surface area contributed by atoms with Crippen molar-refractivity contribution in [1.29, 1.82) is 0 Å². The molecule has 0 aromatic heterocycles. The summed E-state index contributed by atoms with van der Waals surface area (Å²) < 4.78 is 32.6. The van der Waals surface area contributed by atoms with Crippen LogP contribution in [0.15, 0.2) is 23.1 Å². The molecular weight excluding hydrogens is 296 g/mol. The zero-order chi connectivity index (χ0) is 15.6. The van der Waals surface area contributed by atoms with Crippen molar-refractivity contribution in [1.82, 2.24) is 4.72 Å². The van der Waals surface area contributed by atoms with Gasteiger partial charge in [0, 0.05) is 24.3 Å². The van der Waals surface area contributed by atoms with Gasteiger partial charge in [-0.2, -0.15) is 0 Å². The highest BCUT2D eigenvalue weighted by Crippen LogP contribution is 2.23. The van der Waals surface area contributed by atoms with Crippen LogP contribution in [-0.2, 0) is 14.8 Å². The lowest BCUT2D eigenvalue weighted by molar-refractivity contribution is -0.385. The van der Waals surface area contributed by atoms with Gasteiger partial charge in [-0.05, 0) is 32.8 Å². The largest absolute Gasteiger partial charge is 0.377 e. The van der Waals surface area contributed by atoms with Gasteiger partial charge in [0.25, 0.3) is 5.69 Å². The van der Waals surface area contributed by atoms with Crippen LogP contribution in [0.2, 0.25) is 0 Å². The van der Waals surface area contributed by atoms with Crippen molar-refractivity contribution >= 4 is 15.7 Å². The van der Waals surface area contributed by atoms with Crippen molar-refractivity contribution < 1.29 is 18.1 Å². The second kappa shape index (κ2) is 6.08. The van der Waals surface area contributed by atoms with Crippen molar-refractivity contribution in [3.63, 3.8) is 0 Å². The fraction of sp³-hybridized carbons (Fsp3) is 0.538. The van der Waals surface area contributed by atoms with E-state index in [0.29, 0.717) is 12.2 Å². The zero-order valence-corrected chi connectivity index (χ0v) is 12.7. The summed E-state index contributed by atoms with van der Waals surface area (Å²) >= 11 is 0. The molecule has 0 aliphatic carbocycles. The molecule has 0 spiro atoms. The van der Waals surface area contributed by atoms with Crippen LogP contribution >= 0.6 is 0 Å². The number of aryl methyl sites for hydroxylation is 1. The van der Waals surface area contributed by atoms with Crippen molar-refractivity contribution in [2.75, 3.05) is 6.61 Å². The summed E-state index contributed by atoms with van der Waals surface area (Å²) in [6.45, 7) is 3.93. The summed E-state index contributed by atoms with van der Waals surface area (Å²) in [6, 6.07) is 3.51. The maximum absolute atomic E-state index is 12.3. The molecule has 0 unspecified atom stereocenters. The van der Waals surface area contributed by atoms with E-state index < -0.39 is 14.9 Å². The van der Waals surface area contributed by atoms with Gasteiger partial charge in [0.05, 0.1) is 15.9 Å². The first-order chi connectivity index (χ1) is 9.81. The lowest BCUT2D eigenvalue weighted by Gasteiger charge is -2.19. The molecule has 1 aliphatic rings. The van der Waals surface area contributed by atoms with E-state index in [4.69, 9.17) is 4.74 Å². The Morgan fingerprint density at radius 3 is 2.76 bits per heavy atom. The Kier molecular flexibility index (Phi) is 4.60. The third-order valence-corrected chi connectivity index (χ3v) is 5.11. The standard InChI is InChI=1S/C13H18N2O5S/c1-9-5-6-11(8-12(9)15(16)17)21(18,19)14-10(2)13-4-3-7-20-13/h5-6,8,10,13-14H,3-4,7H2,1-2H3/t10-,13-/m0/s1. The van der Waals surface area contributed by atoms with Gasteiger partial charge in [-0.25, -0.2) is 13.1 Å². The third kappa shape index (κ3) is 3.58. The minimum atomic E-state index is -3.80. The van der Waals surface area contributed by atoms with Crippen LogP contribution in [0.1, 0.15) is 25.3 Å². The molecule has 2 rings (SSSR count). The first-order valence-electron chi connectivity index (χ1n) is 6.70. The van der Waals surface area contributed by atoms with Crippen LogP contribution < -0.4 is 4.72 Å². The summed E-state index contributed by atoms with van der Waals surface area (Å²) in [5, 5.41) is 10.9. The Balaban J connectivity index is 2.23. The molecule has 1 saturated heterocycles. The highest BCUT2D eigenvalue weighted by molar-refractivity contribution is 7.89. The molecule has 1 aromatic carbocycles. The predicted octanol–water partition coefficient (Wildman–Crippen LogP) is 1.75. The Morgan fingerprint density at radius 2 is 2.19 bits per heavy atom. The Hall–Kier alpha value is -1.51. The molecule has 1 heterocycles. The molecule has 0 amide bonds. The van der Waals surface area contributed by atoms with Crippen LogP contribution in [-0.4, -0.2) is 32.1 Å². The summed E-state index contributed by atoms with van der Waals surface area (Å²) in [5.41, 5.74) is 0.216. The van der Waals surface area contributed by atoms with Gasteiger partial charge in [-0.3, -0.25) is 10.1 Å². The number of nitro groups is 1. The van der Waals surface area contributed by atoms with E-state index >= 15 is 0 Å². The minimum Gasteiger partial charge on any atom is -0.377 e. The Bertz CT molecular complexity index is 638. The number of benzene rings is 1. The topological polar surface area (TPSA) is 98.5 Å². The number of nitrogens with one attached hydrogen (secondary N) is 1. The third-order valence-electron chi connectivity index (χ3n) is 3.55. The van der Waals surface area contributed by atoms with Gasteiger partial charge in [0.15, 0.2) is 0 Å². The van der Waals surface area contributed by atoms with Gasteiger partial charge < -0.3 is 4.74 Å². The lowest BCUT2D eigenvalue weighted by atomic mass is 10.1. The minimum absolute atomic E-state index is 0.107. The van der Waals surface area contributed by atoms with Crippen molar-refractivity contribution in [2.45, 2.75) is 43.7 Å². The highest BCUT2D eigenvalue weighted by Gasteiger charge is 2.28. The van der Waals surface area contributed by atoms with Crippen LogP contribution in [0.25, 0.3) is 0 Å². The summed E-state index contributed by atoms with van der Waals surface area (Å²) in [4.78, 5) is 10.2. The molecule has 7 nitrogen and oxygen atoms in total. The van der Waals surface area contributed by atoms with Gasteiger partial charge in [-0.1, -0.05) is 6.07 Å². The number of nitrogens with zero attached hydrogens (tertiary/aromatic N) is 1. The Morgan fingerprint density at radius 1 is 1.48 bits per heavy atom. The predicted molar refractivity (Wildman–Crippen MR) is 76.6 cm³/mol. The molecule has 1 N–H and O–H groups in total. The molecule has 0 bridgehead atoms. The van der Waals surface area contributed by atoms with Crippen LogP contribution in [0, 0.1) is 17.0 Å². The highest BCUT2D eigenvalue weighted by atomic mass is 32.2. The monoisotopic (exact) mass is 314 g/mol. The molecule has 0 saturated carbocycles. The van der Waals surface area contributed by atoms with E-state index in [0.717, 1.165) is 18.9 Å². The van der Waals surface area contributed by atoms with Gasteiger partial charge in [0.2, 0.25) is 10.0 Å². The molecule has 8 heteroatoms. The van der Waals surface area contributed by atoms with Crippen molar-refractivity contribution in [3.8, 4) is 0 Å². The molecule has 21 heavy (non-hydrogen) atoms. The summed E-state index contributed by atoms with van der Waals surface area (Å²) in [5.74, 6) is 0. The number of rotatable bonds is 5. The molecule has 0 radical (unpaired) electrons. The molecule has 1 fully saturated rings. The number of ether oxygens (including phenoxy) is 1. The maximum Gasteiger partial charge on any atom is 0.273 e. The van der Waals surface area contributed by atoms with Gasteiger partial charge in [0.1, 0.15) is 0 Å². The van der Waals surface area contributed by atoms with E-state index in [1.165, 1.54) is 12.1 Å². The molecule has 1 aliphatic heterocycles. The number of hydrogen-bond acceptors (Lipinski definition) is 5. The number of nitro benzene ring substituents is 1. The second-order valence-corrected chi connectivity index (χ2v) is 6.88. The van der Waals surface area contributed by atoms with E-state index in [2.05, 4.69) is 4.72 Å². The average Bonchev–Trinajstić information content (AvgIpc) is 2.92. The first-order valence-corrected chi connectivity index (χ1v) is 8.18. The fourth-order valence-electron chi connectivity index (χ4n) is 2.34. The van der Waals surface area contributed by atoms with E-state index in [1.807, 2.05) is 0 Å². The Labute approximate surface area is 123 Å². The fourth-order valence-corrected chi connectivity index (χ4v) is 3.63. The van der Waals surface area contributed by atoms with Crippen molar-refractivity contribution in [2.24, 2.45) is 0 Å². The average molecular weight is 314 g/mol.